The summed E-state index contributed by atoms with van der Waals surface area (Å²) in [6, 6.07) is 12.2. The molecule has 1 aromatic heterocycles. The van der Waals surface area contributed by atoms with Crippen molar-refractivity contribution in [2.24, 2.45) is 5.92 Å². The fraction of sp³-hybridized carbons (Fsp3) is 0.474. The van der Waals surface area contributed by atoms with Crippen LogP contribution in [0.3, 0.4) is 0 Å². The van der Waals surface area contributed by atoms with Gasteiger partial charge in [-0.15, -0.1) is 0 Å². The minimum atomic E-state index is 0.361. The Balaban J connectivity index is 1.57. The van der Waals surface area contributed by atoms with Crippen molar-refractivity contribution in [2.45, 2.75) is 51.5 Å². The number of aryl methyl sites for hydroxylation is 1. The van der Waals surface area contributed by atoms with E-state index < -0.39 is 0 Å². The summed E-state index contributed by atoms with van der Waals surface area (Å²) in [6.45, 7) is 0.632. The molecule has 1 heterocycles. The lowest BCUT2D eigenvalue weighted by atomic mass is 9.86. The molecule has 0 bridgehead atoms. The summed E-state index contributed by atoms with van der Waals surface area (Å²) < 4.78 is 5.77. The van der Waals surface area contributed by atoms with Gasteiger partial charge in [0, 0.05) is 13.0 Å². The van der Waals surface area contributed by atoms with Gasteiger partial charge in [-0.25, -0.2) is 4.98 Å². The Morgan fingerprint density at radius 1 is 1.17 bits per heavy atom. The molecular weight excluding hydrogens is 286 g/mol. The molecule has 4 nitrogen and oxygen atoms in total. The minimum Gasteiger partial charge on any atom is -0.424 e. The highest BCUT2D eigenvalue weighted by atomic mass is 16.4. The van der Waals surface area contributed by atoms with Crippen LogP contribution < -0.4 is 5.32 Å². The van der Waals surface area contributed by atoms with Gasteiger partial charge in [-0.3, -0.25) is 0 Å². The van der Waals surface area contributed by atoms with Crippen molar-refractivity contribution in [3.05, 3.63) is 47.5 Å². The highest BCUT2D eigenvalue weighted by Crippen LogP contribution is 2.28. The predicted molar refractivity (Wildman–Crippen MR) is 89.9 cm³/mol. The van der Waals surface area contributed by atoms with E-state index in [0.717, 1.165) is 24.3 Å². The molecule has 0 spiro atoms. The first-order chi connectivity index (χ1) is 11.3. The lowest BCUT2D eigenvalue weighted by molar-refractivity contribution is 0.329. The lowest BCUT2D eigenvalue weighted by Gasteiger charge is -2.20. The third kappa shape index (κ3) is 4.35. The van der Waals surface area contributed by atoms with Crippen molar-refractivity contribution in [1.29, 1.82) is 5.26 Å². The Labute approximate surface area is 137 Å². The maximum atomic E-state index is 9.23. The quantitative estimate of drug-likeness (QED) is 0.842. The summed E-state index contributed by atoms with van der Waals surface area (Å²) >= 11 is 0. The molecule has 0 saturated heterocycles. The summed E-state index contributed by atoms with van der Waals surface area (Å²) in [5.41, 5.74) is 1.51. The van der Waals surface area contributed by atoms with E-state index in [1.54, 1.807) is 0 Å². The van der Waals surface area contributed by atoms with Gasteiger partial charge in [0.1, 0.15) is 6.07 Å². The summed E-state index contributed by atoms with van der Waals surface area (Å²) in [5, 5.41) is 12.4. The Morgan fingerprint density at radius 2 is 1.96 bits per heavy atom. The topological polar surface area (TPSA) is 61.9 Å². The van der Waals surface area contributed by atoms with Crippen molar-refractivity contribution in [3.63, 3.8) is 0 Å². The zero-order chi connectivity index (χ0) is 15.9. The van der Waals surface area contributed by atoms with Crippen LogP contribution in [0.15, 0.2) is 34.7 Å². The Morgan fingerprint density at radius 3 is 2.70 bits per heavy atom. The highest BCUT2D eigenvalue weighted by Gasteiger charge is 2.17. The number of oxazole rings is 1. The molecule has 0 aliphatic heterocycles. The molecule has 1 aliphatic carbocycles. The molecule has 2 aromatic rings. The molecule has 1 fully saturated rings. The van der Waals surface area contributed by atoms with Gasteiger partial charge in [-0.1, -0.05) is 62.4 Å². The summed E-state index contributed by atoms with van der Waals surface area (Å²) in [4.78, 5) is 4.34. The predicted octanol–water partition coefficient (Wildman–Crippen LogP) is 4.67. The van der Waals surface area contributed by atoms with Crippen molar-refractivity contribution in [2.75, 3.05) is 5.32 Å². The molecule has 4 heteroatoms. The van der Waals surface area contributed by atoms with E-state index in [1.807, 2.05) is 30.3 Å². The molecule has 0 amide bonds. The average molecular weight is 309 g/mol. The second kappa shape index (κ2) is 7.82. The number of hydrogen-bond acceptors (Lipinski definition) is 4. The van der Waals surface area contributed by atoms with Crippen LogP contribution in [-0.4, -0.2) is 4.98 Å². The van der Waals surface area contributed by atoms with E-state index in [-0.39, 0.29) is 0 Å². The van der Waals surface area contributed by atoms with Crippen LogP contribution in [0, 0.1) is 17.2 Å². The monoisotopic (exact) mass is 309 g/mol. The number of benzene rings is 1. The van der Waals surface area contributed by atoms with E-state index in [4.69, 9.17) is 4.42 Å². The summed E-state index contributed by atoms with van der Waals surface area (Å²) in [7, 11) is 0. The number of rotatable bonds is 6. The minimum absolute atomic E-state index is 0.361. The first-order valence-corrected chi connectivity index (χ1v) is 8.53. The largest absolute Gasteiger partial charge is 0.424 e. The van der Waals surface area contributed by atoms with Crippen LogP contribution in [0.4, 0.5) is 5.88 Å². The van der Waals surface area contributed by atoms with Gasteiger partial charge in [0.05, 0.1) is 0 Å². The standard InChI is InChI=1S/C19H23N3O/c20-13-17-19(21-14-16-9-5-2-6-10-16)23-18(22-17)12-11-15-7-3-1-4-8-15/h2,5-6,9-10,15,21H,1,3-4,7-8,11-12,14H2. The van der Waals surface area contributed by atoms with Crippen molar-refractivity contribution >= 4 is 5.88 Å². The van der Waals surface area contributed by atoms with Crippen molar-refractivity contribution in [1.82, 2.24) is 4.98 Å². The average Bonchev–Trinajstić information content (AvgIpc) is 3.02. The lowest BCUT2D eigenvalue weighted by Crippen LogP contribution is -2.07. The Kier molecular flexibility index (Phi) is 5.31. The highest BCUT2D eigenvalue weighted by molar-refractivity contribution is 5.45. The van der Waals surface area contributed by atoms with E-state index >= 15 is 0 Å². The molecule has 23 heavy (non-hydrogen) atoms. The van der Waals surface area contributed by atoms with Crippen molar-refractivity contribution < 1.29 is 4.42 Å². The Hall–Kier alpha value is -2.28. The number of aromatic nitrogens is 1. The molecule has 1 saturated carbocycles. The molecule has 0 atom stereocenters. The van der Waals surface area contributed by atoms with E-state index in [1.165, 1.54) is 32.1 Å². The number of nitrogens with one attached hydrogen (secondary N) is 1. The zero-order valence-electron chi connectivity index (χ0n) is 13.4. The van der Waals surface area contributed by atoms with Gasteiger partial charge < -0.3 is 9.73 Å². The molecular formula is C19H23N3O. The van der Waals surface area contributed by atoms with Crippen LogP contribution in [-0.2, 0) is 13.0 Å². The van der Waals surface area contributed by atoms with Crippen LogP contribution in [0.2, 0.25) is 0 Å². The van der Waals surface area contributed by atoms with Gasteiger partial charge in [0.25, 0.3) is 0 Å². The Bertz CT molecular complexity index is 651. The van der Waals surface area contributed by atoms with Gasteiger partial charge in [0.2, 0.25) is 11.6 Å². The van der Waals surface area contributed by atoms with Gasteiger partial charge in [-0.05, 0) is 17.9 Å². The molecule has 1 aromatic carbocycles. The second-order valence-corrected chi connectivity index (χ2v) is 6.28. The summed E-state index contributed by atoms with van der Waals surface area (Å²) in [5.74, 6) is 1.97. The van der Waals surface area contributed by atoms with Gasteiger partial charge in [-0.2, -0.15) is 5.26 Å². The number of nitrogens with zero attached hydrogens (tertiary/aromatic N) is 2. The van der Waals surface area contributed by atoms with Crippen LogP contribution in [0.25, 0.3) is 0 Å². The van der Waals surface area contributed by atoms with Crippen LogP contribution in [0.5, 0.6) is 0 Å². The van der Waals surface area contributed by atoms with E-state index in [9.17, 15) is 5.26 Å². The second-order valence-electron chi connectivity index (χ2n) is 6.28. The molecule has 0 unspecified atom stereocenters. The first kappa shape index (κ1) is 15.6. The van der Waals surface area contributed by atoms with Crippen molar-refractivity contribution in [3.8, 4) is 6.07 Å². The van der Waals surface area contributed by atoms with Crippen LogP contribution >= 0.6 is 0 Å². The first-order valence-electron chi connectivity index (χ1n) is 8.53. The summed E-state index contributed by atoms with van der Waals surface area (Å²) in [6.07, 6.45) is 8.67. The van der Waals surface area contributed by atoms with Crippen LogP contribution in [0.1, 0.15) is 55.7 Å². The van der Waals surface area contributed by atoms with Gasteiger partial charge >= 0.3 is 0 Å². The fourth-order valence-corrected chi connectivity index (χ4v) is 3.25. The molecule has 120 valence electrons. The molecule has 3 rings (SSSR count). The van der Waals surface area contributed by atoms with E-state index in [2.05, 4.69) is 16.4 Å². The third-order valence-electron chi connectivity index (χ3n) is 4.56. The normalized spacial score (nSPS) is 15.3. The molecule has 1 aliphatic rings. The third-order valence-corrected chi connectivity index (χ3v) is 4.56. The maximum absolute atomic E-state index is 9.23. The fourth-order valence-electron chi connectivity index (χ4n) is 3.25. The number of nitriles is 1. The zero-order valence-corrected chi connectivity index (χ0v) is 13.4. The number of anilines is 1. The smallest absolute Gasteiger partial charge is 0.232 e. The molecule has 1 N–H and O–H groups in total. The van der Waals surface area contributed by atoms with E-state index in [0.29, 0.717) is 24.0 Å². The maximum Gasteiger partial charge on any atom is 0.232 e. The number of hydrogen-bond donors (Lipinski definition) is 1. The SMILES string of the molecule is N#Cc1nc(CCC2CCCCC2)oc1NCc1ccccc1. The molecule has 0 radical (unpaired) electrons. The van der Waals surface area contributed by atoms with Gasteiger partial charge in [0.15, 0.2) is 5.89 Å².